The smallest absolute Gasteiger partial charge is 0.250 e. The second-order valence-electron chi connectivity index (χ2n) is 9.66. The Kier molecular flexibility index (Phi) is 6.42. The van der Waals surface area contributed by atoms with Crippen molar-refractivity contribution in [2.75, 3.05) is 40.1 Å². The molecule has 1 aromatic carbocycles. The van der Waals surface area contributed by atoms with E-state index in [1.807, 2.05) is 25.1 Å². The minimum absolute atomic E-state index is 0.177. The summed E-state index contributed by atoms with van der Waals surface area (Å²) in [5, 5.41) is 0. The zero-order valence-electron chi connectivity index (χ0n) is 19.4. The Morgan fingerprint density at radius 1 is 1.09 bits per heavy atom. The molecule has 4 heterocycles. The maximum Gasteiger partial charge on any atom is 0.250 e. The molecule has 0 N–H and O–H groups in total. The number of carbonyl (C=O) groups is 1. The summed E-state index contributed by atoms with van der Waals surface area (Å²) in [4.78, 5) is 18.6. The van der Waals surface area contributed by atoms with E-state index >= 15 is 0 Å². The zero-order valence-corrected chi connectivity index (χ0v) is 19.4. The molecule has 1 aromatic rings. The number of hydrogen-bond acceptors (Lipinski definition) is 5. The van der Waals surface area contributed by atoms with Gasteiger partial charge in [-0.1, -0.05) is 6.07 Å². The van der Waals surface area contributed by atoms with E-state index in [1.54, 1.807) is 7.11 Å². The second kappa shape index (κ2) is 9.44. The minimum atomic E-state index is 0.177. The summed E-state index contributed by atoms with van der Waals surface area (Å²) < 4.78 is 16.4. The number of carbonyl (C=O) groups excluding carboxylic acids is 1. The lowest BCUT2D eigenvalue weighted by Gasteiger charge is -2.58. The Bertz CT molecular complexity index is 867. The second-order valence-corrected chi connectivity index (χ2v) is 9.66. The highest BCUT2D eigenvalue weighted by atomic mass is 16.7. The van der Waals surface area contributed by atoms with Crippen molar-refractivity contribution in [2.24, 2.45) is 11.8 Å². The van der Waals surface area contributed by atoms with Crippen LogP contribution in [0.4, 0.5) is 0 Å². The summed E-state index contributed by atoms with van der Waals surface area (Å²) in [6.45, 7) is 6.14. The number of rotatable bonds is 6. The Labute approximate surface area is 191 Å². The van der Waals surface area contributed by atoms with E-state index in [4.69, 9.17) is 14.2 Å². The van der Waals surface area contributed by atoms with Gasteiger partial charge in [-0.2, -0.15) is 0 Å². The van der Waals surface area contributed by atoms with E-state index in [0.29, 0.717) is 42.0 Å². The van der Waals surface area contributed by atoms with Gasteiger partial charge in [0.15, 0.2) is 18.3 Å². The highest BCUT2D eigenvalue weighted by molar-refractivity contribution is 5.99. The molecule has 0 unspecified atom stereocenters. The van der Waals surface area contributed by atoms with E-state index in [2.05, 4.69) is 15.9 Å². The molecule has 4 saturated heterocycles. The van der Waals surface area contributed by atoms with Gasteiger partial charge in [-0.15, -0.1) is 0 Å². The van der Waals surface area contributed by atoms with Crippen LogP contribution in [0.25, 0.3) is 6.08 Å². The minimum Gasteiger partial charge on any atom is -0.490 e. The lowest BCUT2D eigenvalue weighted by Crippen LogP contribution is -2.66. The fraction of sp³-hybridized carbons (Fsp3) is 0.654. The Balaban J connectivity index is 1.36. The normalized spacial score (nSPS) is 31.2. The number of ether oxygens (including phenoxy) is 3. The standard InChI is InChI=1S/C26H36N2O4/c1-3-31-24-15-18(8-11-23(24)32-17-30-2)14-19-9-10-22-21-7-5-13-27-12-4-6-20(25(21)27)16-28(22)26(19)29/h8,11,14-15,20-22,25H,3-7,9-10,12-13,16-17H2,1-2H3/b19-14+/t20-,21-,22-,25+/m1/s1. The maximum atomic E-state index is 13.6. The molecule has 4 atom stereocenters. The molecule has 4 aliphatic rings. The van der Waals surface area contributed by atoms with Crippen molar-refractivity contribution >= 4 is 12.0 Å². The van der Waals surface area contributed by atoms with Crippen molar-refractivity contribution < 1.29 is 19.0 Å². The summed E-state index contributed by atoms with van der Waals surface area (Å²) in [5.74, 6) is 2.91. The van der Waals surface area contributed by atoms with Crippen molar-refractivity contribution in [3.05, 3.63) is 29.3 Å². The highest BCUT2D eigenvalue weighted by Gasteiger charge is 2.51. The van der Waals surface area contributed by atoms with E-state index < -0.39 is 0 Å². The molecule has 6 nitrogen and oxygen atoms in total. The number of piperidine rings is 4. The molecule has 1 amide bonds. The fourth-order valence-corrected chi connectivity index (χ4v) is 6.65. The van der Waals surface area contributed by atoms with Gasteiger partial charge in [-0.05, 0) is 94.1 Å². The number of fused-ring (bicyclic) bond motifs is 2. The van der Waals surface area contributed by atoms with Crippen LogP contribution in [-0.2, 0) is 9.53 Å². The van der Waals surface area contributed by atoms with Crippen LogP contribution in [-0.4, -0.2) is 67.9 Å². The van der Waals surface area contributed by atoms with Gasteiger partial charge < -0.3 is 19.1 Å². The van der Waals surface area contributed by atoms with E-state index in [1.165, 1.54) is 38.8 Å². The Hall–Kier alpha value is -2.05. The van der Waals surface area contributed by atoms with Crippen LogP contribution in [0, 0.1) is 11.8 Å². The summed E-state index contributed by atoms with van der Waals surface area (Å²) in [5.41, 5.74) is 1.91. The lowest BCUT2D eigenvalue weighted by atomic mass is 9.67. The van der Waals surface area contributed by atoms with Crippen molar-refractivity contribution in [3.63, 3.8) is 0 Å². The predicted molar refractivity (Wildman–Crippen MR) is 124 cm³/mol. The number of nitrogens with zero attached hydrogens (tertiary/aromatic N) is 2. The molecule has 0 spiro atoms. The van der Waals surface area contributed by atoms with E-state index in [0.717, 1.165) is 30.5 Å². The molecule has 32 heavy (non-hydrogen) atoms. The molecule has 4 aliphatic heterocycles. The molecule has 0 aliphatic carbocycles. The van der Waals surface area contributed by atoms with E-state index in [9.17, 15) is 4.79 Å². The number of methoxy groups -OCH3 is 1. The lowest BCUT2D eigenvalue weighted by molar-refractivity contribution is -0.145. The van der Waals surface area contributed by atoms with Crippen LogP contribution < -0.4 is 9.47 Å². The zero-order chi connectivity index (χ0) is 22.1. The van der Waals surface area contributed by atoms with Crippen LogP contribution in [0.5, 0.6) is 11.5 Å². The van der Waals surface area contributed by atoms with Gasteiger partial charge >= 0.3 is 0 Å². The van der Waals surface area contributed by atoms with Crippen molar-refractivity contribution in [1.29, 1.82) is 0 Å². The molecule has 0 radical (unpaired) electrons. The number of benzene rings is 1. The third-order valence-corrected chi connectivity index (χ3v) is 7.86. The molecule has 6 heteroatoms. The van der Waals surface area contributed by atoms with Crippen molar-refractivity contribution in [2.45, 2.75) is 57.5 Å². The first-order valence-electron chi connectivity index (χ1n) is 12.3. The highest BCUT2D eigenvalue weighted by Crippen LogP contribution is 2.45. The summed E-state index contributed by atoms with van der Waals surface area (Å²) >= 11 is 0. The van der Waals surface area contributed by atoms with Crippen molar-refractivity contribution in [1.82, 2.24) is 9.80 Å². The van der Waals surface area contributed by atoms with Gasteiger partial charge in [-0.3, -0.25) is 9.69 Å². The van der Waals surface area contributed by atoms with E-state index in [-0.39, 0.29) is 12.7 Å². The van der Waals surface area contributed by atoms with Crippen LogP contribution in [0.3, 0.4) is 0 Å². The molecular weight excluding hydrogens is 404 g/mol. The molecule has 0 bridgehead atoms. The van der Waals surface area contributed by atoms with Crippen molar-refractivity contribution in [3.8, 4) is 11.5 Å². The summed E-state index contributed by atoms with van der Waals surface area (Å²) in [7, 11) is 1.60. The molecule has 5 rings (SSSR count). The van der Waals surface area contributed by atoms with Gasteiger partial charge in [0.2, 0.25) is 5.91 Å². The average Bonchev–Trinajstić information content (AvgIpc) is 2.81. The molecule has 174 valence electrons. The third kappa shape index (κ3) is 4.03. The van der Waals surface area contributed by atoms with Gasteiger partial charge in [0.25, 0.3) is 0 Å². The van der Waals surface area contributed by atoms with Gasteiger partial charge in [0.05, 0.1) is 6.61 Å². The maximum absolute atomic E-state index is 13.6. The quantitative estimate of drug-likeness (QED) is 0.495. The van der Waals surface area contributed by atoms with Crippen LogP contribution in [0.2, 0.25) is 0 Å². The van der Waals surface area contributed by atoms with Gasteiger partial charge in [0.1, 0.15) is 0 Å². The topological polar surface area (TPSA) is 51.2 Å². The number of hydrogen-bond donors (Lipinski definition) is 0. The van der Waals surface area contributed by atoms with Crippen LogP contribution >= 0.6 is 0 Å². The third-order valence-electron chi connectivity index (χ3n) is 7.86. The first kappa shape index (κ1) is 21.8. The first-order valence-corrected chi connectivity index (χ1v) is 12.3. The average molecular weight is 441 g/mol. The Morgan fingerprint density at radius 3 is 2.75 bits per heavy atom. The van der Waals surface area contributed by atoms with Crippen LogP contribution in [0.1, 0.15) is 51.0 Å². The molecule has 0 saturated carbocycles. The molecular formula is C26H36N2O4. The number of amides is 1. The Morgan fingerprint density at radius 2 is 1.94 bits per heavy atom. The monoisotopic (exact) mass is 440 g/mol. The molecule has 0 aromatic heterocycles. The SMILES string of the molecule is CCOc1cc(/C=C2\CC[C@@H]3[C@H]4CCCN5CCC[C@H](CN3C2=O)[C@@H]45)ccc1OCOC. The summed E-state index contributed by atoms with van der Waals surface area (Å²) in [6.07, 6.45) is 9.13. The van der Waals surface area contributed by atoms with Gasteiger partial charge in [-0.25, -0.2) is 0 Å². The summed E-state index contributed by atoms with van der Waals surface area (Å²) in [6, 6.07) is 6.99. The largest absolute Gasteiger partial charge is 0.490 e. The predicted octanol–water partition coefficient (Wildman–Crippen LogP) is 3.95. The van der Waals surface area contributed by atoms with Crippen LogP contribution in [0.15, 0.2) is 23.8 Å². The first-order chi connectivity index (χ1) is 15.7. The fourth-order valence-electron chi connectivity index (χ4n) is 6.65. The molecule has 4 fully saturated rings. The van der Waals surface area contributed by atoms with Gasteiger partial charge in [0, 0.05) is 31.3 Å².